The van der Waals surface area contributed by atoms with Gasteiger partial charge in [-0.2, -0.15) is 0 Å². The maximum Gasteiger partial charge on any atom is 0.0725 e. The average molecular weight is 276 g/mol. The van der Waals surface area contributed by atoms with Crippen LogP contribution in [-0.4, -0.2) is 17.5 Å². The second-order valence-electron chi connectivity index (χ2n) is 5.90. The number of hydrogen-bond acceptors (Lipinski definition) is 2. The molecule has 2 fully saturated rings. The van der Waals surface area contributed by atoms with Crippen molar-refractivity contribution >= 4 is 11.8 Å². The highest BCUT2D eigenvalue weighted by Crippen LogP contribution is 2.48. The largest absolute Gasteiger partial charge is 0.377 e. The Balaban J connectivity index is 1.79. The van der Waals surface area contributed by atoms with E-state index in [1.165, 1.54) is 56.3 Å². The summed E-state index contributed by atoms with van der Waals surface area (Å²) in [6.07, 6.45) is 11.2. The topological polar surface area (TPSA) is 9.23 Å². The molecule has 0 N–H and O–H groups in total. The highest BCUT2D eigenvalue weighted by atomic mass is 32.2. The minimum atomic E-state index is 0.347. The van der Waals surface area contributed by atoms with Gasteiger partial charge in [0.25, 0.3) is 0 Å². The summed E-state index contributed by atoms with van der Waals surface area (Å²) in [5.41, 5.74) is 0. The van der Waals surface area contributed by atoms with Crippen molar-refractivity contribution in [3.05, 3.63) is 30.3 Å². The van der Waals surface area contributed by atoms with Gasteiger partial charge in [0.15, 0.2) is 0 Å². The van der Waals surface area contributed by atoms with Gasteiger partial charge in [-0.3, -0.25) is 0 Å². The summed E-state index contributed by atoms with van der Waals surface area (Å²) in [6, 6.07) is 10.9. The molecule has 1 aliphatic heterocycles. The van der Waals surface area contributed by atoms with Crippen LogP contribution < -0.4 is 0 Å². The molecular formula is C17H24OS. The number of hydrogen-bond donors (Lipinski definition) is 0. The maximum absolute atomic E-state index is 6.17. The second kappa shape index (κ2) is 6.32. The molecule has 19 heavy (non-hydrogen) atoms. The first-order valence-corrected chi connectivity index (χ1v) is 8.56. The van der Waals surface area contributed by atoms with E-state index in [4.69, 9.17) is 4.74 Å². The number of rotatable bonds is 3. The van der Waals surface area contributed by atoms with Crippen LogP contribution in [0.5, 0.6) is 0 Å². The fraction of sp³-hybridized carbons (Fsp3) is 0.647. The van der Waals surface area contributed by atoms with E-state index in [1.807, 2.05) is 0 Å². The first kappa shape index (κ1) is 13.5. The van der Waals surface area contributed by atoms with Crippen molar-refractivity contribution in [2.45, 2.75) is 67.1 Å². The van der Waals surface area contributed by atoms with Crippen molar-refractivity contribution in [1.29, 1.82) is 0 Å². The van der Waals surface area contributed by atoms with Crippen LogP contribution in [0.1, 0.15) is 51.4 Å². The summed E-state index contributed by atoms with van der Waals surface area (Å²) in [4.78, 5) is 1.42. The van der Waals surface area contributed by atoms with Crippen molar-refractivity contribution in [2.75, 3.05) is 6.61 Å². The van der Waals surface area contributed by atoms with Gasteiger partial charge in [-0.15, -0.1) is 11.8 Å². The Morgan fingerprint density at radius 2 is 1.74 bits per heavy atom. The highest BCUT2D eigenvalue weighted by molar-refractivity contribution is 8.00. The van der Waals surface area contributed by atoms with Crippen LogP contribution in [0.3, 0.4) is 0 Å². The Morgan fingerprint density at radius 3 is 2.42 bits per heavy atom. The van der Waals surface area contributed by atoms with Gasteiger partial charge in [-0.05, 0) is 44.2 Å². The van der Waals surface area contributed by atoms with E-state index in [1.54, 1.807) is 0 Å². The summed E-state index contributed by atoms with van der Waals surface area (Å²) in [7, 11) is 0. The van der Waals surface area contributed by atoms with Crippen molar-refractivity contribution in [3.63, 3.8) is 0 Å². The van der Waals surface area contributed by atoms with E-state index < -0.39 is 0 Å². The van der Waals surface area contributed by atoms with Gasteiger partial charge < -0.3 is 4.74 Å². The van der Waals surface area contributed by atoms with Crippen molar-refractivity contribution < 1.29 is 4.74 Å². The quantitative estimate of drug-likeness (QED) is 0.764. The Kier molecular flexibility index (Phi) is 4.49. The molecule has 1 aromatic carbocycles. The fourth-order valence-electron chi connectivity index (χ4n) is 3.52. The Morgan fingerprint density at radius 1 is 0.947 bits per heavy atom. The number of thioether (sulfide) groups is 1. The lowest BCUT2D eigenvalue weighted by Crippen LogP contribution is -2.44. The summed E-state index contributed by atoms with van der Waals surface area (Å²) in [6.45, 7) is 0.974. The van der Waals surface area contributed by atoms with Crippen molar-refractivity contribution in [3.8, 4) is 0 Å². The van der Waals surface area contributed by atoms with E-state index in [9.17, 15) is 0 Å². The minimum absolute atomic E-state index is 0.347. The lowest BCUT2D eigenvalue weighted by atomic mass is 9.81. The molecule has 0 aromatic heterocycles. The van der Waals surface area contributed by atoms with E-state index in [2.05, 4.69) is 42.1 Å². The zero-order valence-corrected chi connectivity index (χ0v) is 12.5. The zero-order chi connectivity index (χ0) is 13.0. The van der Waals surface area contributed by atoms with Gasteiger partial charge in [-0.25, -0.2) is 0 Å². The van der Waals surface area contributed by atoms with Crippen LogP contribution >= 0.6 is 11.8 Å². The highest BCUT2D eigenvalue weighted by Gasteiger charge is 2.42. The molecule has 0 bridgehead atoms. The standard InChI is InChI=1S/C17H24OS/c1-3-9-15(10-4-1)19-17(12-6-2-7-13-17)16-11-5-8-14-18-16/h1,3-4,9-10,16H,2,5-8,11-14H2. The lowest BCUT2D eigenvalue weighted by molar-refractivity contribution is -0.0172. The molecule has 1 aromatic rings. The van der Waals surface area contributed by atoms with Gasteiger partial charge in [-0.1, -0.05) is 37.5 Å². The molecule has 1 unspecified atom stereocenters. The normalized spacial score (nSPS) is 27.1. The third-order valence-corrected chi connectivity index (χ3v) is 6.12. The van der Waals surface area contributed by atoms with Gasteiger partial charge in [0.2, 0.25) is 0 Å². The molecule has 0 spiro atoms. The Labute approximate surface area is 121 Å². The fourth-order valence-corrected chi connectivity index (χ4v) is 5.09. The molecular weight excluding hydrogens is 252 g/mol. The summed E-state index contributed by atoms with van der Waals surface area (Å²) in [5.74, 6) is 0. The lowest BCUT2D eigenvalue weighted by Gasteiger charge is -2.44. The SMILES string of the molecule is c1ccc(SC2(C3CCCCO3)CCCCC2)cc1. The van der Waals surface area contributed by atoms with Crippen molar-refractivity contribution in [1.82, 2.24) is 0 Å². The smallest absolute Gasteiger partial charge is 0.0725 e. The van der Waals surface area contributed by atoms with E-state index >= 15 is 0 Å². The Bertz CT molecular complexity index is 378. The maximum atomic E-state index is 6.17. The molecule has 2 heteroatoms. The van der Waals surface area contributed by atoms with E-state index in [-0.39, 0.29) is 0 Å². The zero-order valence-electron chi connectivity index (χ0n) is 11.6. The van der Waals surface area contributed by atoms with Crippen LogP contribution in [0, 0.1) is 0 Å². The van der Waals surface area contributed by atoms with Gasteiger partial charge in [0.1, 0.15) is 0 Å². The Hall–Kier alpha value is -0.470. The van der Waals surface area contributed by atoms with Crippen molar-refractivity contribution in [2.24, 2.45) is 0 Å². The van der Waals surface area contributed by atoms with Crippen LogP contribution in [0.2, 0.25) is 0 Å². The summed E-state index contributed by atoms with van der Waals surface area (Å²) >= 11 is 2.09. The monoisotopic (exact) mass is 276 g/mol. The average Bonchev–Trinajstić information content (AvgIpc) is 2.50. The molecule has 1 nitrogen and oxygen atoms in total. The molecule has 1 saturated carbocycles. The molecule has 2 aliphatic rings. The molecule has 1 saturated heterocycles. The number of benzene rings is 1. The second-order valence-corrected chi connectivity index (χ2v) is 7.38. The molecule has 104 valence electrons. The summed E-state index contributed by atoms with van der Waals surface area (Å²) in [5, 5.41) is 0. The summed E-state index contributed by atoms with van der Waals surface area (Å²) < 4.78 is 6.52. The van der Waals surface area contributed by atoms with Crippen LogP contribution in [0.4, 0.5) is 0 Å². The minimum Gasteiger partial charge on any atom is -0.377 e. The molecule has 3 rings (SSSR count). The van der Waals surface area contributed by atoms with Crippen LogP contribution in [-0.2, 0) is 4.74 Å². The molecule has 1 atom stereocenters. The molecule has 1 aliphatic carbocycles. The van der Waals surface area contributed by atoms with E-state index in [0.29, 0.717) is 10.9 Å². The van der Waals surface area contributed by atoms with Gasteiger partial charge >= 0.3 is 0 Å². The van der Waals surface area contributed by atoms with Crippen LogP contribution in [0.25, 0.3) is 0 Å². The molecule has 0 radical (unpaired) electrons. The van der Waals surface area contributed by atoms with E-state index in [0.717, 1.165) is 6.61 Å². The first-order valence-electron chi connectivity index (χ1n) is 7.75. The van der Waals surface area contributed by atoms with Crippen LogP contribution in [0.15, 0.2) is 35.2 Å². The third-order valence-electron chi connectivity index (χ3n) is 4.53. The van der Waals surface area contributed by atoms with Gasteiger partial charge in [0, 0.05) is 16.2 Å². The predicted octanol–water partition coefficient (Wildman–Crippen LogP) is 5.05. The third kappa shape index (κ3) is 3.17. The molecule has 0 amide bonds. The number of ether oxygens (including phenoxy) is 1. The first-order chi connectivity index (χ1) is 9.39. The predicted molar refractivity (Wildman–Crippen MR) is 81.7 cm³/mol. The van der Waals surface area contributed by atoms with Gasteiger partial charge in [0.05, 0.1) is 6.10 Å². The molecule has 1 heterocycles.